The quantitative estimate of drug-likeness (QED) is 0.790. The van der Waals surface area contributed by atoms with E-state index in [0.717, 1.165) is 9.75 Å². The van der Waals surface area contributed by atoms with Crippen LogP contribution in [0.4, 0.5) is 4.39 Å². The number of halogens is 1. The van der Waals surface area contributed by atoms with Crippen LogP contribution in [0.5, 0.6) is 0 Å². The lowest BCUT2D eigenvalue weighted by molar-refractivity contribution is -0.132. The second-order valence-electron chi connectivity index (χ2n) is 6.82. The minimum absolute atomic E-state index is 0.0492. The summed E-state index contributed by atoms with van der Waals surface area (Å²) in [5, 5.41) is 0. The van der Waals surface area contributed by atoms with Gasteiger partial charge in [0.2, 0.25) is 5.91 Å². The van der Waals surface area contributed by atoms with E-state index in [2.05, 4.69) is 0 Å². The summed E-state index contributed by atoms with van der Waals surface area (Å²) in [7, 11) is 1.69. The largest absolute Gasteiger partial charge is 0.340 e. The van der Waals surface area contributed by atoms with E-state index in [4.69, 9.17) is 0 Å². The predicted octanol–water partition coefficient (Wildman–Crippen LogP) is 2.61. The first-order valence-corrected chi connectivity index (χ1v) is 9.81. The third-order valence-corrected chi connectivity index (χ3v) is 5.75. The van der Waals surface area contributed by atoms with Crippen molar-refractivity contribution in [2.24, 2.45) is 0 Å². The first-order valence-electron chi connectivity index (χ1n) is 8.99. The summed E-state index contributed by atoms with van der Waals surface area (Å²) >= 11 is 1.51. The van der Waals surface area contributed by atoms with Crippen molar-refractivity contribution in [1.82, 2.24) is 14.7 Å². The molecule has 2 heterocycles. The van der Waals surface area contributed by atoms with Crippen LogP contribution in [-0.4, -0.2) is 66.3 Å². The Labute approximate surface area is 163 Å². The molecular weight excluding hydrogens is 365 g/mol. The summed E-state index contributed by atoms with van der Waals surface area (Å²) in [6.07, 6.45) is 0. The predicted molar refractivity (Wildman–Crippen MR) is 104 cm³/mol. The highest BCUT2D eigenvalue weighted by molar-refractivity contribution is 7.13. The van der Waals surface area contributed by atoms with Gasteiger partial charge in [0.1, 0.15) is 5.82 Å². The third-order valence-electron chi connectivity index (χ3n) is 4.76. The topological polar surface area (TPSA) is 43.9 Å². The number of aryl methyl sites for hydroxylation is 1. The summed E-state index contributed by atoms with van der Waals surface area (Å²) in [5.41, 5.74) is 0.509. The van der Waals surface area contributed by atoms with Crippen molar-refractivity contribution >= 4 is 23.2 Å². The molecule has 0 radical (unpaired) electrons. The van der Waals surface area contributed by atoms with Gasteiger partial charge in [-0.2, -0.15) is 0 Å². The SMILES string of the molecule is Cc1ccc(C(=O)N2CCN(CC(=O)N(C)Cc3ccccc3F)CC2)s1. The van der Waals surface area contributed by atoms with Crippen molar-refractivity contribution in [3.63, 3.8) is 0 Å². The summed E-state index contributed by atoms with van der Waals surface area (Å²) < 4.78 is 13.7. The van der Waals surface area contributed by atoms with Crippen LogP contribution in [0.25, 0.3) is 0 Å². The fourth-order valence-corrected chi connectivity index (χ4v) is 3.93. The van der Waals surface area contributed by atoms with E-state index in [-0.39, 0.29) is 30.7 Å². The third kappa shape index (κ3) is 4.93. The number of piperazine rings is 1. The molecule has 144 valence electrons. The molecule has 5 nitrogen and oxygen atoms in total. The van der Waals surface area contributed by atoms with E-state index >= 15 is 0 Å². The number of nitrogens with zero attached hydrogens (tertiary/aromatic N) is 3. The lowest BCUT2D eigenvalue weighted by Gasteiger charge is -2.34. The van der Waals surface area contributed by atoms with Crippen molar-refractivity contribution < 1.29 is 14.0 Å². The molecule has 0 atom stereocenters. The van der Waals surface area contributed by atoms with Gasteiger partial charge >= 0.3 is 0 Å². The zero-order valence-corrected chi connectivity index (χ0v) is 16.5. The number of carbonyl (C=O) groups is 2. The molecular formula is C20H24FN3O2S. The van der Waals surface area contributed by atoms with Gasteiger partial charge in [-0.05, 0) is 25.1 Å². The fraction of sp³-hybridized carbons (Fsp3) is 0.400. The molecule has 0 bridgehead atoms. The summed E-state index contributed by atoms with van der Waals surface area (Å²) in [6, 6.07) is 10.3. The van der Waals surface area contributed by atoms with Crippen LogP contribution < -0.4 is 0 Å². The maximum absolute atomic E-state index is 13.7. The van der Waals surface area contributed by atoms with Crippen LogP contribution in [0.1, 0.15) is 20.1 Å². The van der Waals surface area contributed by atoms with Gasteiger partial charge in [0.05, 0.1) is 11.4 Å². The average molecular weight is 389 g/mol. The molecule has 2 aromatic rings. The number of likely N-dealkylation sites (N-methyl/N-ethyl adjacent to an activating group) is 1. The zero-order valence-electron chi connectivity index (χ0n) is 15.7. The number of thiophene rings is 1. The lowest BCUT2D eigenvalue weighted by atomic mass is 10.2. The maximum atomic E-state index is 13.7. The Balaban J connectivity index is 1.47. The van der Waals surface area contributed by atoms with Gasteiger partial charge in [0.15, 0.2) is 0 Å². The van der Waals surface area contributed by atoms with E-state index in [1.165, 1.54) is 17.4 Å². The van der Waals surface area contributed by atoms with Crippen LogP contribution in [0.3, 0.4) is 0 Å². The monoisotopic (exact) mass is 389 g/mol. The summed E-state index contributed by atoms with van der Waals surface area (Å²) in [6.45, 7) is 5.07. The molecule has 3 rings (SSSR count). The van der Waals surface area contributed by atoms with Gasteiger partial charge in [0.25, 0.3) is 5.91 Å². The van der Waals surface area contributed by atoms with Gasteiger partial charge in [-0.3, -0.25) is 14.5 Å². The second-order valence-corrected chi connectivity index (χ2v) is 8.11. The Bertz CT molecular complexity index is 815. The minimum Gasteiger partial charge on any atom is -0.340 e. The van der Waals surface area contributed by atoms with Crippen molar-refractivity contribution in [3.05, 3.63) is 57.5 Å². The second kappa shape index (κ2) is 8.63. The van der Waals surface area contributed by atoms with Gasteiger partial charge in [-0.15, -0.1) is 11.3 Å². The summed E-state index contributed by atoms with van der Waals surface area (Å²) in [5.74, 6) is -0.282. The normalized spacial score (nSPS) is 15.0. The Kier molecular flexibility index (Phi) is 6.23. The molecule has 0 spiro atoms. The Morgan fingerprint density at radius 2 is 1.81 bits per heavy atom. The number of hydrogen-bond acceptors (Lipinski definition) is 4. The highest BCUT2D eigenvalue weighted by atomic mass is 32.1. The van der Waals surface area contributed by atoms with Gasteiger partial charge in [-0.25, -0.2) is 4.39 Å². The van der Waals surface area contributed by atoms with Crippen molar-refractivity contribution in [3.8, 4) is 0 Å². The lowest BCUT2D eigenvalue weighted by Crippen LogP contribution is -2.51. The molecule has 1 fully saturated rings. The van der Waals surface area contributed by atoms with Crippen LogP contribution in [0.2, 0.25) is 0 Å². The van der Waals surface area contributed by atoms with Crippen molar-refractivity contribution in [2.75, 3.05) is 39.8 Å². The molecule has 1 saturated heterocycles. The number of amides is 2. The standard InChI is InChI=1S/C20H24FN3O2S/c1-15-7-8-18(27-15)20(26)24-11-9-23(10-12-24)14-19(25)22(2)13-16-5-3-4-6-17(16)21/h3-8H,9-14H2,1-2H3. The van der Waals surface area contributed by atoms with Crippen LogP contribution in [-0.2, 0) is 11.3 Å². The molecule has 0 saturated carbocycles. The summed E-state index contributed by atoms with van der Waals surface area (Å²) in [4.78, 5) is 32.3. The van der Waals surface area contributed by atoms with Crippen molar-refractivity contribution in [1.29, 1.82) is 0 Å². The van der Waals surface area contributed by atoms with Crippen molar-refractivity contribution in [2.45, 2.75) is 13.5 Å². The fourth-order valence-electron chi connectivity index (χ4n) is 3.10. The molecule has 2 amide bonds. The van der Waals surface area contributed by atoms with E-state index in [1.807, 2.05) is 28.9 Å². The Morgan fingerprint density at radius 3 is 2.44 bits per heavy atom. The highest BCUT2D eigenvalue weighted by Crippen LogP contribution is 2.18. The molecule has 27 heavy (non-hydrogen) atoms. The molecule has 0 unspecified atom stereocenters. The molecule has 1 aliphatic heterocycles. The van der Waals surface area contributed by atoms with E-state index in [9.17, 15) is 14.0 Å². The molecule has 1 aliphatic rings. The van der Waals surface area contributed by atoms with Crippen LogP contribution in [0, 0.1) is 12.7 Å². The molecule has 0 aliphatic carbocycles. The van der Waals surface area contributed by atoms with Gasteiger partial charge in [-0.1, -0.05) is 18.2 Å². The average Bonchev–Trinajstić information content (AvgIpc) is 3.10. The highest BCUT2D eigenvalue weighted by Gasteiger charge is 2.25. The molecule has 7 heteroatoms. The van der Waals surface area contributed by atoms with Gasteiger partial charge < -0.3 is 9.80 Å². The number of hydrogen-bond donors (Lipinski definition) is 0. The number of carbonyl (C=O) groups excluding carboxylic acids is 2. The molecule has 1 aromatic heterocycles. The smallest absolute Gasteiger partial charge is 0.264 e. The number of benzene rings is 1. The zero-order chi connectivity index (χ0) is 19.4. The molecule has 0 N–H and O–H groups in total. The minimum atomic E-state index is -0.298. The van der Waals surface area contributed by atoms with E-state index in [0.29, 0.717) is 31.7 Å². The first-order chi connectivity index (χ1) is 12.9. The van der Waals surface area contributed by atoms with E-state index in [1.54, 1.807) is 30.1 Å². The van der Waals surface area contributed by atoms with Gasteiger partial charge in [0, 0.05) is 50.2 Å². The first kappa shape index (κ1) is 19.5. The Hall–Kier alpha value is -2.25. The number of rotatable bonds is 5. The van der Waals surface area contributed by atoms with Crippen LogP contribution in [0.15, 0.2) is 36.4 Å². The molecule has 1 aromatic carbocycles. The maximum Gasteiger partial charge on any atom is 0.264 e. The van der Waals surface area contributed by atoms with E-state index < -0.39 is 0 Å². The Morgan fingerprint density at radius 1 is 1.11 bits per heavy atom. The van der Waals surface area contributed by atoms with Crippen LogP contribution >= 0.6 is 11.3 Å².